The molecule has 2 heterocycles. The minimum absolute atomic E-state index is 0. The van der Waals surface area contributed by atoms with Crippen LogP contribution in [-0.4, -0.2) is 37.6 Å². The van der Waals surface area contributed by atoms with E-state index in [0.717, 1.165) is 19.6 Å². The number of aromatic nitrogens is 1. The Bertz CT molecular complexity index is 642. The average Bonchev–Trinajstić information content (AvgIpc) is 2.62. The number of anilines is 1. The van der Waals surface area contributed by atoms with Gasteiger partial charge in [-0.15, -0.1) is 0 Å². The summed E-state index contributed by atoms with van der Waals surface area (Å²) in [7, 11) is 2.03. The molecule has 0 aliphatic carbocycles. The Labute approximate surface area is 152 Å². The zero-order chi connectivity index (χ0) is 16.1. The van der Waals surface area contributed by atoms with Crippen LogP contribution in [-0.2, 0) is 7.05 Å². The Morgan fingerprint density at radius 2 is 1.42 bits per heavy atom. The number of pyridine rings is 1. The Balaban J connectivity index is 0.00000208. The molecular formula is C20H28N3S+. The first-order chi connectivity index (χ1) is 11.2. The first-order valence-corrected chi connectivity index (χ1v) is 8.45. The highest BCUT2D eigenvalue weighted by molar-refractivity contribution is 7.59. The van der Waals surface area contributed by atoms with Crippen molar-refractivity contribution >= 4 is 31.3 Å². The second-order valence-electron chi connectivity index (χ2n) is 6.14. The highest BCUT2D eigenvalue weighted by Gasteiger charge is 2.15. The molecule has 0 saturated carbocycles. The average molecular weight is 343 g/mol. The van der Waals surface area contributed by atoms with Gasteiger partial charge in [-0.05, 0) is 29.8 Å². The Kier molecular flexibility index (Phi) is 6.88. The van der Waals surface area contributed by atoms with Crippen molar-refractivity contribution in [3.05, 3.63) is 59.9 Å². The maximum absolute atomic E-state index is 2.51. The molecule has 1 aliphatic heterocycles. The molecule has 0 atom stereocenters. The number of likely N-dealkylation sites (N-methyl/N-ethyl adjacent to an activating group) is 1. The van der Waals surface area contributed by atoms with Gasteiger partial charge in [-0.25, -0.2) is 4.57 Å². The van der Waals surface area contributed by atoms with Crippen LogP contribution in [0.1, 0.15) is 18.1 Å². The summed E-state index contributed by atoms with van der Waals surface area (Å²) in [5.74, 6) is 0. The summed E-state index contributed by atoms with van der Waals surface area (Å²) in [4.78, 5) is 4.99. The van der Waals surface area contributed by atoms with E-state index in [1.807, 2.05) is 11.6 Å². The number of benzene rings is 1. The van der Waals surface area contributed by atoms with E-state index in [2.05, 4.69) is 77.7 Å². The lowest BCUT2D eigenvalue weighted by Crippen LogP contribution is -2.46. The summed E-state index contributed by atoms with van der Waals surface area (Å²) in [6.45, 7) is 8.00. The van der Waals surface area contributed by atoms with Crippen LogP contribution in [0.4, 0.5) is 5.69 Å². The summed E-state index contributed by atoms with van der Waals surface area (Å²) < 4.78 is 2.05. The third kappa shape index (κ3) is 4.86. The fourth-order valence-corrected chi connectivity index (χ4v) is 2.93. The van der Waals surface area contributed by atoms with Gasteiger partial charge in [0.1, 0.15) is 7.05 Å². The van der Waals surface area contributed by atoms with Crippen molar-refractivity contribution < 1.29 is 4.57 Å². The van der Waals surface area contributed by atoms with Gasteiger partial charge in [0.15, 0.2) is 12.4 Å². The minimum atomic E-state index is 0. The van der Waals surface area contributed by atoms with Crippen molar-refractivity contribution in [2.24, 2.45) is 7.05 Å². The van der Waals surface area contributed by atoms with Crippen molar-refractivity contribution in [1.29, 1.82) is 0 Å². The van der Waals surface area contributed by atoms with Crippen molar-refractivity contribution in [2.75, 3.05) is 37.6 Å². The molecule has 0 amide bonds. The molecule has 1 fully saturated rings. The van der Waals surface area contributed by atoms with Gasteiger partial charge in [0, 0.05) is 44.0 Å². The van der Waals surface area contributed by atoms with Crippen LogP contribution in [0.5, 0.6) is 0 Å². The zero-order valence-corrected chi connectivity index (χ0v) is 15.7. The molecule has 0 unspecified atom stereocenters. The normalized spacial score (nSPS) is 15.5. The summed E-state index contributed by atoms with van der Waals surface area (Å²) in [5, 5.41) is 0. The van der Waals surface area contributed by atoms with Gasteiger partial charge >= 0.3 is 0 Å². The molecule has 0 bridgehead atoms. The zero-order valence-electron chi connectivity index (χ0n) is 14.7. The maximum Gasteiger partial charge on any atom is 0.169 e. The summed E-state index contributed by atoms with van der Waals surface area (Å²) in [6.07, 6.45) is 8.47. The van der Waals surface area contributed by atoms with Crippen LogP contribution in [0.3, 0.4) is 0 Å². The molecule has 128 valence electrons. The molecule has 0 spiro atoms. The molecule has 1 aromatic carbocycles. The molecule has 1 aliphatic rings. The van der Waals surface area contributed by atoms with E-state index in [1.54, 1.807) is 0 Å². The third-order valence-corrected chi connectivity index (χ3v) is 4.55. The van der Waals surface area contributed by atoms with E-state index in [9.17, 15) is 0 Å². The lowest BCUT2D eigenvalue weighted by atomic mass is 10.1. The molecule has 2 aromatic rings. The monoisotopic (exact) mass is 342 g/mol. The quantitative estimate of drug-likeness (QED) is 0.791. The second-order valence-corrected chi connectivity index (χ2v) is 6.14. The van der Waals surface area contributed by atoms with E-state index in [-0.39, 0.29) is 13.5 Å². The fourth-order valence-electron chi connectivity index (χ4n) is 2.93. The van der Waals surface area contributed by atoms with Gasteiger partial charge < -0.3 is 9.80 Å². The Morgan fingerprint density at radius 3 is 1.96 bits per heavy atom. The molecule has 1 aromatic heterocycles. The lowest BCUT2D eigenvalue weighted by molar-refractivity contribution is -0.671. The molecule has 4 heteroatoms. The van der Waals surface area contributed by atoms with Crippen molar-refractivity contribution in [1.82, 2.24) is 4.90 Å². The topological polar surface area (TPSA) is 10.4 Å². The van der Waals surface area contributed by atoms with Crippen molar-refractivity contribution in [3.63, 3.8) is 0 Å². The first kappa shape index (κ1) is 18.6. The standard InChI is InChI=1S/C20H26N3.H2S/c1-3-22-14-16-23(17-15-22)20-8-6-18(7-9-20)4-5-19-10-12-21(2)13-11-19;/h4-13H,3,14-17H2,1-2H3;1H2/q+1;. The van der Waals surface area contributed by atoms with Crippen LogP contribution < -0.4 is 9.47 Å². The summed E-state index contributed by atoms with van der Waals surface area (Å²) in [5.41, 5.74) is 3.81. The predicted molar refractivity (Wildman–Crippen MR) is 108 cm³/mol. The number of hydrogen-bond acceptors (Lipinski definition) is 2. The first-order valence-electron chi connectivity index (χ1n) is 8.45. The smallest absolute Gasteiger partial charge is 0.169 e. The predicted octanol–water partition coefficient (Wildman–Crippen LogP) is 2.94. The van der Waals surface area contributed by atoms with Crippen LogP contribution in [0.15, 0.2) is 48.8 Å². The van der Waals surface area contributed by atoms with Gasteiger partial charge in [-0.3, -0.25) is 0 Å². The SMILES string of the molecule is CCN1CCN(c2ccc(/C=C/c3cc[n+](C)cc3)cc2)CC1.S. The van der Waals surface area contributed by atoms with E-state index in [1.165, 1.54) is 29.9 Å². The Hall–Kier alpha value is -1.78. The van der Waals surface area contributed by atoms with E-state index >= 15 is 0 Å². The minimum Gasteiger partial charge on any atom is -0.369 e. The molecule has 3 nitrogen and oxygen atoms in total. The van der Waals surface area contributed by atoms with Gasteiger partial charge in [0.25, 0.3) is 0 Å². The van der Waals surface area contributed by atoms with Gasteiger partial charge in [-0.2, -0.15) is 13.5 Å². The van der Waals surface area contributed by atoms with Crippen LogP contribution in [0.2, 0.25) is 0 Å². The molecule has 24 heavy (non-hydrogen) atoms. The van der Waals surface area contributed by atoms with Crippen LogP contribution >= 0.6 is 13.5 Å². The maximum atomic E-state index is 2.51. The summed E-state index contributed by atoms with van der Waals surface area (Å²) >= 11 is 0. The fraction of sp³-hybridized carbons (Fsp3) is 0.350. The van der Waals surface area contributed by atoms with Crippen LogP contribution in [0.25, 0.3) is 12.2 Å². The highest BCUT2D eigenvalue weighted by Crippen LogP contribution is 2.18. The number of rotatable bonds is 4. The van der Waals surface area contributed by atoms with Crippen molar-refractivity contribution in [3.8, 4) is 0 Å². The number of hydrogen-bond donors (Lipinski definition) is 0. The van der Waals surface area contributed by atoms with Gasteiger partial charge in [0.05, 0.1) is 0 Å². The van der Waals surface area contributed by atoms with Gasteiger partial charge in [-0.1, -0.05) is 31.2 Å². The Morgan fingerprint density at radius 1 is 0.875 bits per heavy atom. The number of aryl methyl sites for hydroxylation is 1. The number of piperazine rings is 1. The van der Waals surface area contributed by atoms with Crippen LogP contribution in [0, 0.1) is 0 Å². The third-order valence-electron chi connectivity index (χ3n) is 4.55. The van der Waals surface area contributed by atoms with E-state index < -0.39 is 0 Å². The van der Waals surface area contributed by atoms with E-state index in [0.29, 0.717) is 0 Å². The molecule has 0 N–H and O–H groups in total. The molecule has 3 rings (SSSR count). The second kappa shape index (κ2) is 8.90. The van der Waals surface area contributed by atoms with Gasteiger partial charge in [0.2, 0.25) is 0 Å². The van der Waals surface area contributed by atoms with E-state index in [4.69, 9.17) is 0 Å². The largest absolute Gasteiger partial charge is 0.369 e. The molecular weight excluding hydrogens is 314 g/mol. The lowest BCUT2D eigenvalue weighted by Gasteiger charge is -2.35. The number of nitrogens with zero attached hydrogens (tertiary/aromatic N) is 3. The van der Waals surface area contributed by atoms with Crippen molar-refractivity contribution in [2.45, 2.75) is 6.92 Å². The molecule has 1 saturated heterocycles. The summed E-state index contributed by atoms with van der Waals surface area (Å²) in [6, 6.07) is 13.1. The highest BCUT2D eigenvalue weighted by atomic mass is 32.1. The molecule has 0 radical (unpaired) electrons.